The maximum Gasteiger partial charge on any atom is 0.161 e. The zero-order valence-electron chi connectivity index (χ0n) is 11.2. The van der Waals surface area contributed by atoms with E-state index in [1.165, 1.54) is 19.3 Å². The van der Waals surface area contributed by atoms with E-state index in [9.17, 15) is 0 Å². The van der Waals surface area contributed by atoms with Gasteiger partial charge in [-0.15, -0.1) is 0 Å². The largest absolute Gasteiger partial charge is 0.490 e. The van der Waals surface area contributed by atoms with Gasteiger partial charge in [0.05, 0.1) is 12.7 Å². The van der Waals surface area contributed by atoms with Crippen molar-refractivity contribution in [2.45, 2.75) is 45.1 Å². The second kappa shape index (κ2) is 6.48. The van der Waals surface area contributed by atoms with Gasteiger partial charge in [-0.2, -0.15) is 0 Å². The van der Waals surface area contributed by atoms with E-state index in [0.717, 1.165) is 29.9 Å². The van der Waals surface area contributed by atoms with E-state index in [1.807, 2.05) is 31.2 Å². The molecule has 0 saturated heterocycles. The molecule has 0 amide bonds. The fourth-order valence-corrected chi connectivity index (χ4v) is 2.38. The first-order valence-corrected chi connectivity index (χ1v) is 6.89. The first-order chi connectivity index (χ1) is 8.83. The number of hydrogen-bond donors (Lipinski definition) is 0. The molecule has 0 aliphatic heterocycles. The summed E-state index contributed by atoms with van der Waals surface area (Å²) < 4.78 is 11.7. The molecule has 0 unspecified atom stereocenters. The Kier molecular flexibility index (Phi) is 4.68. The topological polar surface area (TPSA) is 18.5 Å². The molecule has 18 heavy (non-hydrogen) atoms. The van der Waals surface area contributed by atoms with E-state index < -0.39 is 0 Å². The minimum Gasteiger partial charge on any atom is -0.490 e. The van der Waals surface area contributed by atoms with Gasteiger partial charge >= 0.3 is 0 Å². The summed E-state index contributed by atoms with van der Waals surface area (Å²) in [4.78, 5) is 0. The SMILES string of the molecule is C=Cc1ccc(OC2CCCCC2)c(OCC)c1. The molecule has 0 spiro atoms. The van der Waals surface area contributed by atoms with Crippen LogP contribution in [0.5, 0.6) is 11.5 Å². The molecule has 1 aliphatic rings. The van der Waals surface area contributed by atoms with Crippen LogP contribution in [-0.4, -0.2) is 12.7 Å². The Morgan fingerprint density at radius 1 is 1.22 bits per heavy atom. The summed E-state index contributed by atoms with van der Waals surface area (Å²) in [6.45, 7) is 6.43. The molecule has 0 radical (unpaired) electrons. The van der Waals surface area contributed by atoms with Crippen LogP contribution in [0, 0.1) is 0 Å². The second-order valence-electron chi connectivity index (χ2n) is 4.72. The normalized spacial score (nSPS) is 16.3. The lowest BCUT2D eigenvalue weighted by Crippen LogP contribution is -2.20. The summed E-state index contributed by atoms with van der Waals surface area (Å²) in [5, 5.41) is 0. The van der Waals surface area contributed by atoms with Gasteiger partial charge in [0.2, 0.25) is 0 Å². The molecule has 0 N–H and O–H groups in total. The predicted octanol–water partition coefficient (Wildman–Crippen LogP) is 4.44. The summed E-state index contributed by atoms with van der Waals surface area (Å²) >= 11 is 0. The Hall–Kier alpha value is -1.44. The molecule has 1 aromatic carbocycles. The molecule has 98 valence electrons. The quantitative estimate of drug-likeness (QED) is 0.764. The highest BCUT2D eigenvalue weighted by Crippen LogP contribution is 2.32. The van der Waals surface area contributed by atoms with Crippen LogP contribution >= 0.6 is 0 Å². The molecule has 1 aliphatic carbocycles. The van der Waals surface area contributed by atoms with Crippen LogP contribution in [0.3, 0.4) is 0 Å². The molecular formula is C16H22O2. The first-order valence-electron chi connectivity index (χ1n) is 6.89. The molecular weight excluding hydrogens is 224 g/mol. The molecule has 2 rings (SSSR count). The fraction of sp³-hybridized carbons (Fsp3) is 0.500. The zero-order chi connectivity index (χ0) is 12.8. The second-order valence-corrected chi connectivity index (χ2v) is 4.72. The van der Waals surface area contributed by atoms with Gasteiger partial charge in [-0.1, -0.05) is 25.1 Å². The molecule has 1 aromatic rings. The van der Waals surface area contributed by atoms with Crippen LogP contribution in [0.25, 0.3) is 6.08 Å². The van der Waals surface area contributed by atoms with Crippen LogP contribution in [0.15, 0.2) is 24.8 Å². The molecule has 1 saturated carbocycles. The molecule has 1 fully saturated rings. The first kappa shape index (κ1) is 13.0. The van der Waals surface area contributed by atoms with Gasteiger partial charge in [-0.05, 0) is 50.3 Å². The molecule has 0 aromatic heterocycles. The number of benzene rings is 1. The third-order valence-electron chi connectivity index (χ3n) is 3.35. The van der Waals surface area contributed by atoms with Crippen molar-refractivity contribution >= 4 is 6.08 Å². The summed E-state index contributed by atoms with van der Waals surface area (Å²) in [6, 6.07) is 6.01. The highest BCUT2D eigenvalue weighted by Gasteiger charge is 2.16. The van der Waals surface area contributed by atoms with Crippen LogP contribution in [0.4, 0.5) is 0 Å². The standard InChI is InChI=1S/C16H22O2/c1-3-13-10-11-15(16(12-13)17-4-2)18-14-8-6-5-7-9-14/h3,10-12,14H,1,4-9H2,2H3. The van der Waals surface area contributed by atoms with Crippen molar-refractivity contribution < 1.29 is 9.47 Å². The van der Waals surface area contributed by atoms with E-state index in [4.69, 9.17) is 9.47 Å². The molecule has 2 nitrogen and oxygen atoms in total. The van der Waals surface area contributed by atoms with Crippen LogP contribution < -0.4 is 9.47 Å². The minimum absolute atomic E-state index is 0.354. The van der Waals surface area contributed by atoms with Gasteiger partial charge in [0.1, 0.15) is 0 Å². The van der Waals surface area contributed by atoms with Gasteiger partial charge in [0.15, 0.2) is 11.5 Å². The van der Waals surface area contributed by atoms with Gasteiger partial charge < -0.3 is 9.47 Å². The van der Waals surface area contributed by atoms with E-state index in [0.29, 0.717) is 12.7 Å². The van der Waals surface area contributed by atoms with E-state index >= 15 is 0 Å². The van der Waals surface area contributed by atoms with Crippen molar-refractivity contribution in [1.82, 2.24) is 0 Å². The average Bonchev–Trinajstić information content (AvgIpc) is 2.42. The Labute approximate surface area is 110 Å². The lowest BCUT2D eigenvalue weighted by Gasteiger charge is -2.24. The summed E-state index contributed by atoms with van der Waals surface area (Å²) in [6.07, 6.45) is 8.40. The van der Waals surface area contributed by atoms with Crippen molar-refractivity contribution in [3.05, 3.63) is 30.3 Å². The Bertz CT molecular complexity index is 392. The van der Waals surface area contributed by atoms with Crippen molar-refractivity contribution in [2.24, 2.45) is 0 Å². The van der Waals surface area contributed by atoms with Gasteiger partial charge in [-0.25, -0.2) is 0 Å². The summed E-state index contributed by atoms with van der Waals surface area (Å²) in [5.74, 6) is 1.70. The highest BCUT2D eigenvalue weighted by atomic mass is 16.5. The van der Waals surface area contributed by atoms with Crippen LogP contribution in [0.1, 0.15) is 44.6 Å². The number of rotatable bonds is 5. The third-order valence-corrected chi connectivity index (χ3v) is 3.35. The highest BCUT2D eigenvalue weighted by molar-refractivity contribution is 5.54. The molecule has 0 heterocycles. The lowest BCUT2D eigenvalue weighted by molar-refractivity contribution is 0.148. The van der Waals surface area contributed by atoms with Gasteiger partial charge in [-0.3, -0.25) is 0 Å². The number of hydrogen-bond acceptors (Lipinski definition) is 2. The van der Waals surface area contributed by atoms with E-state index in [-0.39, 0.29) is 0 Å². The molecule has 2 heteroatoms. The van der Waals surface area contributed by atoms with Crippen molar-refractivity contribution in [3.8, 4) is 11.5 Å². The predicted molar refractivity (Wildman–Crippen MR) is 75.2 cm³/mol. The van der Waals surface area contributed by atoms with Gasteiger partial charge in [0.25, 0.3) is 0 Å². The zero-order valence-corrected chi connectivity index (χ0v) is 11.2. The lowest BCUT2D eigenvalue weighted by atomic mass is 9.98. The maximum absolute atomic E-state index is 6.08. The Morgan fingerprint density at radius 3 is 2.67 bits per heavy atom. The van der Waals surface area contributed by atoms with E-state index in [2.05, 4.69) is 6.58 Å². The maximum atomic E-state index is 6.08. The number of ether oxygens (including phenoxy) is 2. The summed E-state index contributed by atoms with van der Waals surface area (Å²) in [7, 11) is 0. The van der Waals surface area contributed by atoms with Crippen LogP contribution in [-0.2, 0) is 0 Å². The monoisotopic (exact) mass is 246 g/mol. The van der Waals surface area contributed by atoms with Crippen LogP contribution in [0.2, 0.25) is 0 Å². The fourth-order valence-electron chi connectivity index (χ4n) is 2.38. The molecule has 0 bridgehead atoms. The van der Waals surface area contributed by atoms with Crippen molar-refractivity contribution in [1.29, 1.82) is 0 Å². The van der Waals surface area contributed by atoms with E-state index in [1.54, 1.807) is 0 Å². The average molecular weight is 246 g/mol. The summed E-state index contributed by atoms with van der Waals surface area (Å²) in [5.41, 5.74) is 1.06. The van der Waals surface area contributed by atoms with Gasteiger partial charge in [0, 0.05) is 0 Å². The Balaban J connectivity index is 2.11. The third kappa shape index (κ3) is 3.28. The molecule has 0 atom stereocenters. The van der Waals surface area contributed by atoms with Crippen molar-refractivity contribution in [3.63, 3.8) is 0 Å². The Morgan fingerprint density at radius 2 is 2.00 bits per heavy atom. The smallest absolute Gasteiger partial charge is 0.161 e. The minimum atomic E-state index is 0.354. The van der Waals surface area contributed by atoms with Crippen molar-refractivity contribution in [2.75, 3.05) is 6.61 Å².